The maximum Gasteiger partial charge on any atom is 0.0490 e. The summed E-state index contributed by atoms with van der Waals surface area (Å²) < 4.78 is 0. The van der Waals surface area contributed by atoms with E-state index in [4.69, 9.17) is 0 Å². The summed E-state index contributed by atoms with van der Waals surface area (Å²) in [6.45, 7) is 10.3. The Morgan fingerprint density at radius 2 is 1.71 bits per heavy atom. The number of nitrogens with zero attached hydrogens (tertiary/aromatic N) is 2. The molecule has 0 aliphatic carbocycles. The van der Waals surface area contributed by atoms with Crippen molar-refractivity contribution in [2.75, 3.05) is 38.1 Å². The second kappa shape index (κ2) is 6.03. The SMILES string of the molecule is CC(C)CN1CCN(Nc2ccccc2)CC1. The summed E-state index contributed by atoms with van der Waals surface area (Å²) in [7, 11) is 0. The Bertz CT molecular complexity index is 315. The standard InChI is InChI=1S/C14H23N3/c1-13(2)12-16-8-10-17(11-9-16)15-14-6-4-3-5-7-14/h3-7,13,15H,8-12H2,1-2H3. The minimum absolute atomic E-state index is 0.767. The van der Waals surface area contributed by atoms with Crippen molar-refractivity contribution in [2.45, 2.75) is 13.8 Å². The van der Waals surface area contributed by atoms with Gasteiger partial charge in [-0.3, -0.25) is 0 Å². The van der Waals surface area contributed by atoms with Crippen molar-refractivity contribution in [3.05, 3.63) is 30.3 Å². The Morgan fingerprint density at radius 3 is 2.29 bits per heavy atom. The number of hydrazine groups is 1. The highest BCUT2D eigenvalue weighted by molar-refractivity contribution is 5.41. The van der Waals surface area contributed by atoms with Crippen molar-refractivity contribution in [3.63, 3.8) is 0 Å². The normalized spacial score (nSPS) is 18.5. The Balaban J connectivity index is 1.76. The molecule has 17 heavy (non-hydrogen) atoms. The van der Waals surface area contributed by atoms with Gasteiger partial charge in [0.05, 0.1) is 0 Å². The van der Waals surface area contributed by atoms with E-state index in [1.54, 1.807) is 0 Å². The summed E-state index contributed by atoms with van der Waals surface area (Å²) in [6, 6.07) is 10.4. The zero-order chi connectivity index (χ0) is 12.1. The summed E-state index contributed by atoms with van der Waals surface area (Å²) in [6.07, 6.45) is 0. The zero-order valence-corrected chi connectivity index (χ0v) is 10.9. The van der Waals surface area contributed by atoms with Crippen LogP contribution in [0.3, 0.4) is 0 Å². The van der Waals surface area contributed by atoms with Gasteiger partial charge in [0, 0.05) is 38.4 Å². The molecule has 0 atom stereocenters. The summed E-state index contributed by atoms with van der Waals surface area (Å²) in [4.78, 5) is 2.55. The van der Waals surface area contributed by atoms with Crippen LogP contribution in [0.1, 0.15) is 13.8 Å². The van der Waals surface area contributed by atoms with Gasteiger partial charge in [0.15, 0.2) is 0 Å². The van der Waals surface area contributed by atoms with Crippen molar-refractivity contribution in [1.82, 2.24) is 9.91 Å². The van der Waals surface area contributed by atoms with Crippen LogP contribution in [0.15, 0.2) is 30.3 Å². The van der Waals surface area contributed by atoms with Gasteiger partial charge in [0.25, 0.3) is 0 Å². The van der Waals surface area contributed by atoms with E-state index in [2.05, 4.69) is 53.4 Å². The highest BCUT2D eigenvalue weighted by atomic mass is 15.5. The highest BCUT2D eigenvalue weighted by Gasteiger charge is 2.16. The maximum absolute atomic E-state index is 3.46. The quantitative estimate of drug-likeness (QED) is 0.861. The minimum Gasteiger partial charge on any atom is -0.319 e. The van der Waals surface area contributed by atoms with Crippen molar-refractivity contribution in [2.24, 2.45) is 5.92 Å². The molecule has 0 bridgehead atoms. The van der Waals surface area contributed by atoms with Crippen LogP contribution in [0.5, 0.6) is 0 Å². The lowest BCUT2D eigenvalue weighted by Crippen LogP contribution is -2.49. The molecule has 1 N–H and O–H groups in total. The van der Waals surface area contributed by atoms with Crippen LogP contribution < -0.4 is 5.43 Å². The molecule has 1 aromatic carbocycles. The van der Waals surface area contributed by atoms with Crippen LogP contribution in [0.25, 0.3) is 0 Å². The highest BCUT2D eigenvalue weighted by Crippen LogP contribution is 2.09. The molecule has 1 aliphatic rings. The van der Waals surface area contributed by atoms with E-state index in [-0.39, 0.29) is 0 Å². The second-order valence-electron chi connectivity index (χ2n) is 5.16. The van der Waals surface area contributed by atoms with Gasteiger partial charge >= 0.3 is 0 Å². The van der Waals surface area contributed by atoms with E-state index >= 15 is 0 Å². The largest absolute Gasteiger partial charge is 0.319 e. The molecule has 3 heteroatoms. The predicted octanol–water partition coefficient (Wildman–Crippen LogP) is 2.29. The first-order valence-corrected chi connectivity index (χ1v) is 6.53. The molecular formula is C14H23N3. The van der Waals surface area contributed by atoms with E-state index in [0.717, 1.165) is 32.1 Å². The van der Waals surface area contributed by atoms with Gasteiger partial charge < -0.3 is 10.3 Å². The van der Waals surface area contributed by atoms with Crippen LogP contribution in [-0.4, -0.2) is 42.6 Å². The van der Waals surface area contributed by atoms with Gasteiger partial charge in [-0.25, -0.2) is 5.01 Å². The molecule has 1 aliphatic heterocycles. The molecule has 0 radical (unpaired) electrons. The van der Waals surface area contributed by atoms with E-state index in [9.17, 15) is 0 Å². The summed E-state index contributed by atoms with van der Waals surface area (Å²) in [5.41, 5.74) is 4.65. The number of hydrogen-bond acceptors (Lipinski definition) is 3. The number of piperazine rings is 1. The number of rotatable bonds is 4. The lowest BCUT2D eigenvalue weighted by molar-refractivity contribution is 0.140. The number of benzene rings is 1. The molecule has 0 spiro atoms. The minimum atomic E-state index is 0.767. The van der Waals surface area contributed by atoms with Crippen LogP contribution in [0.4, 0.5) is 5.69 Å². The van der Waals surface area contributed by atoms with E-state index in [1.165, 1.54) is 12.2 Å². The first kappa shape index (κ1) is 12.4. The lowest BCUT2D eigenvalue weighted by Gasteiger charge is -2.35. The van der Waals surface area contributed by atoms with Crippen molar-refractivity contribution in [3.8, 4) is 0 Å². The molecule has 1 aromatic rings. The molecule has 1 fully saturated rings. The molecule has 1 heterocycles. The third-order valence-electron chi connectivity index (χ3n) is 3.06. The molecule has 1 saturated heterocycles. The van der Waals surface area contributed by atoms with Gasteiger partial charge in [-0.2, -0.15) is 0 Å². The molecule has 0 aromatic heterocycles. The van der Waals surface area contributed by atoms with Gasteiger partial charge in [-0.05, 0) is 18.1 Å². The fraction of sp³-hybridized carbons (Fsp3) is 0.571. The first-order chi connectivity index (χ1) is 8.24. The molecule has 0 unspecified atom stereocenters. The first-order valence-electron chi connectivity index (χ1n) is 6.53. The molecular weight excluding hydrogens is 210 g/mol. The average molecular weight is 233 g/mol. The van der Waals surface area contributed by atoms with Gasteiger partial charge in [0.1, 0.15) is 0 Å². The van der Waals surface area contributed by atoms with Crippen molar-refractivity contribution in [1.29, 1.82) is 0 Å². The Hall–Kier alpha value is -1.06. The van der Waals surface area contributed by atoms with Crippen molar-refractivity contribution >= 4 is 5.69 Å². The Labute approximate surface area is 104 Å². The van der Waals surface area contributed by atoms with E-state index < -0.39 is 0 Å². The average Bonchev–Trinajstić information content (AvgIpc) is 2.32. The fourth-order valence-electron chi connectivity index (χ4n) is 2.25. The third kappa shape index (κ3) is 4.02. The van der Waals surface area contributed by atoms with Crippen LogP contribution in [0, 0.1) is 5.92 Å². The molecule has 0 saturated carbocycles. The van der Waals surface area contributed by atoms with Crippen LogP contribution in [0.2, 0.25) is 0 Å². The summed E-state index contributed by atoms with van der Waals surface area (Å²) >= 11 is 0. The Morgan fingerprint density at radius 1 is 1.06 bits per heavy atom. The molecule has 2 rings (SSSR count). The van der Waals surface area contributed by atoms with Crippen LogP contribution >= 0.6 is 0 Å². The third-order valence-corrected chi connectivity index (χ3v) is 3.06. The van der Waals surface area contributed by atoms with E-state index in [0.29, 0.717) is 0 Å². The number of para-hydroxylation sites is 1. The number of hydrogen-bond donors (Lipinski definition) is 1. The topological polar surface area (TPSA) is 18.5 Å². The summed E-state index contributed by atoms with van der Waals surface area (Å²) in [5, 5.41) is 2.31. The van der Waals surface area contributed by atoms with Gasteiger partial charge in [-0.15, -0.1) is 0 Å². The number of anilines is 1. The molecule has 0 amide bonds. The van der Waals surface area contributed by atoms with Gasteiger partial charge in [-0.1, -0.05) is 32.0 Å². The monoisotopic (exact) mass is 233 g/mol. The number of nitrogens with one attached hydrogen (secondary N) is 1. The second-order valence-corrected chi connectivity index (χ2v) is 5.16. The maximum atomic E-state index is 3.46. The Kier molecular flexibility index (Phi) is 4.40. The van der Waals surface area contributed by atoms with Crippen molar-refractivity contribution < 1.29 is 0 Å². The molecule has 3 nitrogen and oxygen atoms in total. The molecule has 94 valence electrons. The smallest absolute Gasteiger partial charge is 0.0490 e. The van der Waals surface area contributed by atoms with Gasteiger partial charge in [0.2, 0.25) is 0 Å². The van der Waals surface area contributed by atoms with E-state index in [1.807, 2.05) is 6.07 Å². The lowest BCUT2D eigenvalue weighted by atomic mass is 10.2. The summed E-state index contributed by atoms with van der Waals surface area (Å²) in [5.74, 6) is 0.767. The van der Waals surface area contributed by atoms with Crippen LogP contribution in [-0.2, 0) is 0 Å². The zero-order valence-electron chi connectivity index (χ0n) is 10.9. The predicted molar refractivity (Wildman–Crippen MR) is 72.9 cm³/mol. The fourth-order valence-corrected chi connectivity index (χ4v) is 2.25.